The predicted molar refractivity (Wildman–Crippen MR) is 118 cm³/mol. The van der Waals surface area contributed by atoms with Gasteiger partial charge in [-0.3, -0.25) is 4.79 Å². The molecule has 0 unspecified atom stereocenters. The number of amides is 1. The van der Waals surface area contributed by atoms with Crippen molar-refractivity contribution < 1.29 is 4.79 Å². The van der Waals surface area contributed by atoms with Crippen molar-refractivity contribution in [2.45, 2.75) is 84.6 Å². The number of hydrogen-bond donors (Lipinski definition) is 1. The Morgan fingerprint density at radius 1 is 1.08 bits per heavy atom. The molecule has 0 radical (unpaired) electrons. The third-order valence-electron chi connectivity index (χ3n) is 4.72. The molecular weight excluding hydrogens is 338 g/mol. The monoisotopic (exact) mass is 375 g/mol. The molecule has 3 heteroatoms. The van der Waals surface area contributed by atoms with Crippen molar-refractivity contribution >= 4 is 22.6 Å². The molecule has 0 aromatic heterocycles. The van der Waals surface area contributed by atoms with Gasteiger partial charge in [0.15, 0.2) is 0 Å². The van der Waals surface area contributed by atoms with E-state index in [-0.39, 0.29) is 10.8 Å². The van der Waals surface area contributed by atoms with E-state index in [0.29, 0.717) is 0 Å². The summed E-state index contributed by atoms with van der Waals surface area (Å²) in [5.41, 5.74) is 2.89. The van der Waals surface area contributed by atoms with E-state index in [0.717, 1.165) is 28.9 Å². The maximum atomic E-state index is 12.3. The van der Waals surface area contributed by atoms with Crippen LogP contribution in [0.5, 0.6) is 0 Å². The Labute approximate surface area is 165 Å². The van der Waals surface area contributed by atoms with Gasteiger partial charge in [-0.2, -0.15) is 0 Å². The highest BCUT2D eigenvalue weighted by molar-refractivity contribution is 8.13. The zero-order valence-electron chi connectivity index (χ0n) is 17.2. The average molecular weight is 376 g/mol. The number of allylic oxidation sites excluding steroid dienone is 1. The SMILES string of the molecule is C=C(C)c1cccc(C(C)(C)NC(=O)SCCCCCCCCCC)c1. The van der Waals surface area contributed by atoms with Crippen molar-refractivity contribution in [3.05, 3.63) is 42.0 Å². The Morgan fingerprint density at radius 2 is 1.69 bits per heavy atom. The van der Waals surface area contributed by atoms with Crippen molar-refractivity contribution in [3.63, 3.8) is 0 Å². The van der Waals surface area contributed by atoms with Gasteiger partial charge in [-0.15, -0.1) is 0 Å². The minimum absolute atomic E-state index is 0.0682. The van der Waals surface area contributed by atoms with Crippen LogP contribution in [0.1, 0.15) is 90.2 Å². The smallest absolute Gasteiger partial charge is 0.279 e. The lowest BCUT2D eigenvalue weighted by Crippen LogP contribution is -2.39. The van der Waals surface area contributed by atoms with Gasteiger partial charge in [-0.05, 0) is 44.4 Å². The molecule has 0 fully saturated rings. The van der Waals surface area contributed by atoms with Crippen molar-refractivity contribution in [3.8, 4) is 0 Å². The molecular formula is C23H37NOS. The van der Waals surface area contributed by atoms with E-state index < -0.39 is 0 Å². The fourth-order valence-corrected chi connectivity index (χ4v) is 3.80. The van der Waals surface area contributed by atoms with Crippen molar-refractivity contribution in [1.29, 1.82) is 0 Å². The third kappa shape index (κ3) is 8.93. The van der Waals surface area contributed by atoms with Crippen LogP contribution >= 0.6 is 11.8 Å². The molecule has 0 saturated heterocycles. The predicted octanol–water partition coefficient (Wildman–Crippen LogP) is 7.54. The van der Waals surface area contributed by atoms with E-state index in [1.165, 1.54) is 56.7 Å². The molecule has 0 aliphatic heterocycles. The van der Waals surface area contributed by atoms with Crippen LogP contribution in [-0.4, -0.2) is 11.0 Å². The Hall–Kier alpha value is -1.22. The lowest BCUT2D eigenvalue weighted by Gasteiger charge is -2.27. The molecule has 1 N–H and O–H groups in total. The summed E-state index contributed by atoms with van der Waals surface area (Å²) in [7, 11) is 0. The van der Waals surface area contributed by atoms with Crippen LogP contribution in [0.25, 0.3) is 5.57 Å². The number of unbranched alkanes of at least 4 members (excludes halogenated alkanes) is 7. The standard InChI is InChI=1S/C23H37NOS/c1-6-7-8-9-10-11-12-13-17-26-22(25)24-23(4,5)21-16-14-15-20(18-21)19(2)3/h14-16,18H,2,6-13,17H2,1,3-5H3,(H,24,25). The summed E-state index contributed by atoms with van der Waals surface area (Å²) < 4.78 is 0. The quantitative estimate of drug-likeness (QED) is 0.382. The van der Waals surface area contributed by atoms with Gasteiger partial charge in [-0.25, -0.2) is 0 Å². The molecule has 146 valence electrons. The first-order valence-corrected chi connectivity index (χ1v) is 11.1. The van der Waals surface area contributed by atoms with Gasteiger partial charge in [0.25, 0.3) is 5.24 Å². The van der Waals surface area contributed by atoms with E-state index in [1.807, 2.05) is 13.0 Å². The molecule has 26 heavy (non-hydrogen) atoms. The van der Waals surface area contributed by atoms with E-state index >= 15 is 0 Å². The highest BCUT2D eigenvalue weighted by Crippen LogP contribution is 2.24. The second-order valence-corrected chi connectivity index (χ2v) is 8.79. The lowest BCUT2D eigenvalue weighted by molar-refractivity contribution is 0.251. The van der Waals surface area contributed by atoms with Gasteiger partial charge in [0, 0.05) is 5.75 Å². The summed E-state index contributed by atoms with van der Waals surface area (Å²) in [5.74, 6) is 0.905. The first-order valence-electron chi connectivity index (χ1n) is 10.1. The van der Waals surface area contributed by atoms with Gasteiger partial charge in [0.2, 0.25) is 0 Å². The van der Waals surface area contributed by atoms with Gasteiger partial charge < -0.3 is 5.32 Å². The second kappa shape index (κ2) is 12.2. The fourth-order valence-electron chi connectivity index (χ4n) is 2.94. The molecule has 0 atom stereocenters. The van der Waals surface area contributed by atoms with E-state index in [9.17, 15) is 4.79 Å². The fraction of sp³-hybridized carbons (Fsp3) is 0.609. The van der Waals surface area contributed by atoms with Crippen LogP contribution in [0.2, 0.25) is 0 Å². The summed E-state index contributed by atoms with van der Waals surface area (Å²) in [6.45, 7) is 12.4. The molecule has 0 aliphatic rings. The highest BCUT2D eigenvalue weighted by atomic mass is 32.2. The molecule has 1 aromatic carbocycles. The third-order valence-corrected chi connectivity index (χ3v) is 5.58. The molecule has 2 nitrogen and oxygen atoms in total. The van der Waals surface area contributed by atoms with Crippen LogP contribution in [0.3, 0.4) is 0 Å². The van der Waals surface area contributed by atoms with Gasteiger partial charge in [0.1, 0.15) is 0 Å². The van der Waals surface area contributed by atoms with Crippen molar-refractivity contribution in [1.82, 2.24) is 5.32 Å². The molecule has 1 rings (SSSR count). The molecule has 0 saturated carbocycles. The van der Waals surface area contributed by atoms with Gasteiger partial charge in [0.05, 0.1) is 5.54 Å². The zero-order chi connectivity index (χ0) is 19.4. The number of benzene rings is 1. The van der Waals surface area contributed by atoms with Crippen LogP contribution < -0.4 is 5.32 Å². The highest BCUT2D eigenvalue weighted by Gasteiger charge is 2.23. The van der Waals surface area contributed by atoms with Crippen LogP contribution in [0, 0.1) is 0 Å². The normalized spacial score (nSPS) is 11.4. The summed E-state index contributed by atoms with van der Waals surface area (Å²) in [6, 6.07) is 8.27. The molecule has 0 aliphatic carbocycles. The van der Waals surface area contributed by atoms with Gasteiger partial charge in [-0.1, -0.05) is 94.0 Å². The van der Waals surface area contributed by atoms with Crippen LogP contribution in [0.4, 0.5) is 4.79 Å². The molecule has 0 spiro atoms. The first kappa shape index (κ1) is 22.8. The van der Waals surface area contributed by atoms with E-state index in [4.69, 9.17) is 0 Å². The maximum Gasteiger partial charge on any atom is 0.279 e. The number of rotatable bonds is 12. The lowest BCUT2D eigenvalue weighted by atomic mass is 9.92. The average Bonchev–Trinajstić information content (AvgIpc) is 2.60. The Bertz CT molecular complexity index is 565. The number of carbonyl (C=O) groups excluding carboxylic acids is 1. The molecule has 0 bridgehead atoms. The van der Waals surface area contributed by atoms with Crippen molar-refractivity contribution in [2.24, 2.45) is 0 Å². The van der Waals surface area contributed by atoms with Gasteiger partial charge >= 0.3 is 0 Å². The van der Waals surface area contributed by atoms with E-state index in [2.05, 4.69) is 50.9 Å². The van der Waals surface area contributed by atoms with Crippen molar-refractivity contribution in [2.75, 3.05) is 5.75 Å². The summed E-state index contributed by atoms with van der Waals surface area (Å²) in [5, 5.41) is 3.23. The first-order chi connectivity index (χ1) is 12.4. The van der Waals surface area contributed by atoms with E-state index in [1.54, 1.807) is 0 Å². The molecule has 0 heterocycles. The minimum Gasteiger partial charge on any atom is -0.338 e. The van der Waals surface area contributed by atoms with Crippen LogP contribution in [0.15, 0.2) is 30.8 Å². The zero-order valence-corrected chi connectivity index (χ0v) is 18.0. The Morgan fingerprint density at radius 3 is 2.31 bits per heavy atom. The number of nitrogens with one attached hydrogen (secondary N) is 1. The number of carbonyl (C=O) groups is 1. The largest absolute Gasteiger partial charge is 0.338 e. The molecule has 1 amide bonds. The Kier molecular flexibility index (Phi) is 10.7. The summed E-state index contributed by atoms with van der Waals surface area (Å²) in [6.07, 6.45) is 10.4. The summed E-state index contributed by atoms with van der Waals surface area (Å²) >= 11 is 1.41. The maximum absolute atomic E-state index is 12.3. The number of thioether (sulfide) groups is 1. The Balaban J connectivity index is 2.29. The topological polar surface area (TPSA) is 29.1 Å². The second-order valence-electron chi connectivity index (χ2n) is 7.72. The molecule has 1 aromatic rings. The summed E-state index contributed by atoms with van der Waals surface area (Å²) in [4.78, 5) is 12.3. The van der Waals surface area contributed by atoms with Crippen LogP contribution in [-0.2, 0) is 5.54 Å². The minimum atomic E-state index is -0.380. The number of hydrogen-bond acceptors (Lipinski definition) is 2.